The summed E-state index contributed by atoms with van der Waals surface area (Å²) in [6.07, 6.45) is 1.18. The van der Waals surface area contributed by atoms with Crippen molar-refractivity contribution in [3.63, 3.8) is 0 Å². The van der Waals surface area contributed by atoms with Gasteiger partial charge in [0.2, 0.25) is 5.91 Å². The molecule has 0 aliphatic carbocycles. The number of benzene rings is 2. The smallest absolute Gasteiger partial charge is 0.229 e. The fraction of sp³-hybridized carbons (Fsp3) is 0.304. The van der Waals surface area contributed by atoms with Gasteiger partial charge in [-0.2, -0.15) is 5.10 Å². The van der Waals surface area contributed by atoms with Crippen LogP contribution in [0.2, 0.25) is 0 Å². The van der Waals surface area contributed by atoms with E-state index in [1.807, 2.05) is 74.0 Å². The number of amides is 1. The number of ether oxygens (including phenoxy) is 1. The van der Waals surface area contributed by atoms with Crippen LogP contribution in [0.1, 0.15) is 35.9 Å². The highest BCUT2D eigenvalue weighted by molar-refractivity contribution is 5.94. The van der Waals surface area contributed by atoms with E-state index in [9.17, 15) is 4.79 Å². The Morgan fingerprint density at radius 2 is 1.86 bits per heavy atom. The number of aryl methyl sites for hydroxylation is 2. The lowest BCUT2D eigenvalue weighted by atomic mass is 10.1. The number of aromatic nitrogens is 2. The Labute approximate surface area is 166 Å². The molecule has 3 rings (SSSR count). The summed E-state index contributed by atoms with van der Waals surface area (Å²) in [7, 11) is 0. The Bertz CT molecular complexity index is 961. The van der Waals surface area contributed by atoms with Crippen LogP contribution >= 0.6 is 0 Å². The molecule has 3 aromatic rings. The zero-order valence-electron chi connectivity index (χ0n) is 17.0. The minimum Gasteiger partial charge on any atom is -0.491 e. The molecular weight excluding hydrogens is 350 g/mol. The largest absolute Gasteiger partial charge is 0.491 e. The van der Waals surface area contributed by atoms with Crippen molar-refractivity contribution in [1.82, 2.24) is 9.78 Å². The van der Waals surface area contributed by atoms with E-state index < -0.39 is 0 Å². The van der Waals surface area contributed by atoms with Crippen molar-refractivity contribution in [2.75, 3.05) is 11.9 Å². The number of para-hydroxylation sites is 1. The highest BCUT2D eigenvalue weighted by Crippen LogP contribution is 2.26. The average molecular weight is 377 g/mol. The summed E-state index contributed by atoms with van der Waals surface area (Å²) in [6, 6.07) is 15.8. The van der Waals surface area contributed by atoms with Gasteiger partial charge in [0.05, 0.1) is 30.1 Å². The summed E-state index contributed by atoms with van der Waals surface area (Å²) >= 11 is 0. The molecule has 0 fully saturated rings. The summed E-state index contributed by atoms with van der Waals surface area (Å²) in [5, 5.41) is 7.62. The first-order valence-electron chi connectivity index (χ1n) is 9.63. The van der Waals surface area contributed by atoms with E-state index in [1.54, 1.807) is 0 Å². The lowest BCUT2D eigenvalue weighted by Crippen LogP contribution is -2.16. The second-order valence-corrected chi connectivity index (χ2v) is 6.97. The predicted molar refractivity (Wildman–Crippen MR) is 112 cm³/mol. The third-order valence-corrected chi connectivity index (χ3v) is 4.65. The zero-order valence-corrected chi connectivity index (χ0v) is 17.0. The molecule has 0 aliphatic rings. The normalized spacial score (nSPS) is 10.7. The van der Waals surface area contributed by atoms with Crippen LogP contribution in [0.25, 0.3) is 5.69 Å². The van der Waals surface area contributed by atoms with Gasteiger partial charge in [0.1, 0.15) is 5.75 Å². The van der Waals surface area contributed by atoms with Gasteiger partial charge in [0.25, 0.3) is 0 Å². The second kappa shape index (κ2) is 8.74. The Hall–Kier alpha value is -3.08. The van der Waals surface area contributed by atoms with E-state index in [4.69, 9.17) is 4.74 Å². The number of rotatable bonds is 7. The van der Waals surface area contributed by atoms with Crippen LogP contribution < -0.4 is 10.1 Å². The quantitative estimate of drug-likeness (QED) is 0.645. The average Bonchev–Trinajstić information content (AvgIpc) is 2.97. The van der Waals surface area contributed by atoms with Gasteiger partial charge in [-0.1, -0.05) is 31.2 Å². The highest BCUT2D eigenvalue weighted by atomic mass is 16.5. The minimum absolute atomic E-state index is 0.0796. The molecule has 1 N–H and O–H groups in total. The molecule has 5 nitrogen and oxygen atoms in total. The maximum Gasteiger partial charge on any atom is 0.229 e. The van der Waals surface area contributed by atoms with E-state index in [0.29, 0.717) is 18.0 Å². The molecule has 0 radical (unpaired) electrons. The SMILES string of the molecule is CCCOc1cc(C)ccc1NC(=O)Cc1c(C)nn(-c2ccccc2)c1C. The fourth-order valence-corrected chi connectivity index (χ4v) is 3.17. The fourth-order valence-electron chi connectivity index (χ4n) is 3.17. The Morgan fingerprint density at radius 1 is 1.11 bits per heavy atom. The van der Waals surface area contributed by atoms with E-state index in [0.717, 1.165) is 34.6 Å². The van der Waals surface area contributed by atoms with Crippen molar-refractivity contribution in [2.45, 2.75) is 40.5 Å². The maximum absolute atomic E-state index is 12.7. The summed E-state index contributed by atoms with van der Waals surface area (Å²) in [6.45, 7) is 8.63. The van der Waals surface area contributed by atoms with Gasteiger partial charge in [0.15, 0.2) is 0 Å². The van der Waals surface area contributed by atoms with Crippen LogP contribution in [-0.2, 0) is 11.2 Å². The number of nitrogens with zero attached hydrogens (tertiary/aromatic N) is 2. The van der Waals surface area contributed by atoms with Crippen LogP contribution in [0.15, 0.2) is 48.5 Å². The van der Waals surface area contributed by atoms with Crippen molar-refractivity contribution < 1.29 is 9.53 Å². The topological polar surface area (TPSA) is 56.1 Å². The van der Waals surface area contributed by atoms with Gasteiger partial charge in [0, 0.05) is 11.3 Å². The predicted octanol–water partition coefficient (Wildman–Crippen LogP) is 4.77. The summed E-state index contributed by atoms with van der Waals surface area (Å²) < 4.78 is 7.68. The second-order valence-electron chi connectivity index (χ2n) is 6.97. The lowest BCUT2D eigenvalue weighted by Gasteiger charge is -2.13. The van der Waals surface area contributed by atoms with Crippen LogP contribution in [0.5, 0.6) is 5.75 Å². The minimum atomic E-state index is -0.0796. The van der Waals surface area contributed by atoms with Crippen LogP contribution in [0.4, 0.5) is 5.69 Å². The Kier molecular flexibility index (Phi) is 6.14. The van der Waals surface area contributed by atoms with Gasteiger partial charge < -0.3 is 10.1 Å². The van der Waals surface area contributed by atoms with Gasteiger partial charge in [-0.25, -0.2) is 4.68 Å². The molecule has 1 aromatic heterocycles. The number of nitrogens with one attached hydrogen (secondary N) is 1. The third kappa shape index (κ3) is 4.42. The summed E-state index contributed by atoms with van der Waals surface area (Å²) in [5.41, 5.74) is 5.58. The lowest BCUT2D eigenvalue weighted by molar-refractivity contribution is -0.115. The number of hydrogen-bond donors (Lipinski definition) is 1. The molecule has 0 spiro atoms. The van der Waals surface area contributed by atoms with Crippen molar-refractivity contribution >= 4 is 11.6 Å². The van der Waals surface area contributed by atoms with Crippen molar-refractivity contribution in [3.05, 3.63) is 71.0 Å². The molecule has 5 heteroatoms. The Morgan fingerprint density at radius 3 is 2.57 bits per heavy atom. The monoisotopic (exact) mass is 377 g/mol. The molecule has 0 aliphatic heterocycles. The number of hydrogen-bond acceptors (Lipinski definition) is 3. The number of carbonyl (C=O) groups excluding carboxylic acids is 1. The standard InChI is InChI=1S/C23H27N3O2/c1-5-13-28-22-14-16(2)11-12-21(22)24-23(27)15-20-17(3)25-26(18(20)4)19-9-7-6-8-10-19/h6-12,14H,5,13,15H2,1-4H3,(H,24,27). The van der Waals surface area contributed by atoms with E-state index in [2.05, 4.69) is 17.3 Å². The molecule has 146 valence electrons. The number of carbonyl (C=O) groups is 1. The Balaban J connectivity index is 1.78. The van der Waals surface area contributed by atoms with E-state index in [-0.39, 0.29) is 12.3 Å². The molecular formula is C23H27N3O2. The molecule has 0 saturated carbocycles. The molecule has 0 saturated heterocycles. The maximum atomic E-state index is 12.7. The zero-order chi connectivity index (χ0) is 20.1. The van der Waals surface area contributed by atoms with Gasteiger partial charge in [-0.05, 0) is 57.0 Å². The molecule has 0 bridgehead atoms. The molecule has 1 amide bonds. The number of anilines is 1. The van der Waals surface area contributed by atoms with Crippen molar-refractivity contribution in [2.24, 2.45) is 0 Å². The molecule has 0 unspecified atom stereocenters. The first-order valence-corrected chi connectivity index (χ1v) is 9.63. The first kappa shape index (κ1) is 19.7. The van der Waals surface area contributed by atoms with Crippen LogP contribution in [-0.4, -0.2) is 22.3 Å². The molecule has 28 heavy (non-hydrogen) atoms. The molecule has 2 aromatic carbocycles. The van der Waals surface area contributed by atoms with Gasteiger partial charge in [-0.15, -0.1) is 0 Å². The first-order chi connectivity index (χ1) is 13.5. The van der Waals surface area contributed by atoms with Crippen LogP contribution in [0.3, 0.4) is 0 Å². The van der Waals surface area contributed by atoms with Crippen molar-refractivity contribution in [1.29, 1.82) is 0 Å². The third-order valence-electron chi connectivity index (χ3n) is 4.65. The molecule has 0 atom stereocenters. The summed E-state index contributed by atoms with van der Waals surface area (Å²) in [4.78, 5) is 12.7. The van der Waals surface area contributed by atoms with E-state index >= 15 is 0 Å². The van der Waals surface area contributed by atoms with E-state index in [1.165, 1.54) is 0 Å². The highest BCUT2D eigenvalue weighted by Gasteiger charge is 2.17. The van der Waals surface area contributed by atoms with Gasteiger partial charge in [-0.3, -0.25) is 4.79 Å². The summed E-state index contributed by atoms with van der Waals surface area (Å²) in [5.74, 6) is 0.632. The van der Waals surface area contributed by atoms with Crippen LogP contribution in [0, 0.1) is 20.8 Å². The molecule has 1 heterocycles. The van der Waals surface area contributed by atoms with Crippen molar-refractivity contribution in [3.8, 4) is 11.4 Å². The van der Waals surface area contributed by atoms with Gasteiger partial charge >= 0.3 is 0 Å².